The quantitative estimate of drug-likeness (QED) is 0.409. The Labute approximate surface area is 203 Å². The highest BCUT2D eigenvalue weighted by atomic mass is 32.1. The van der Waals surface area contributed by atoms with Gasteiger partial charge in [-0.2, -0.15) is 5.26 Å². The molecule has 0 amide bonds. The van der Waals surface area contributed by atoms with Crippen LogP contribution in [0.5, 0.6) is 5.75 Å². The molecule has 1 aliphatic rings. The van der Waals surface area contributed by atoms with Crippen LogP contribution >= 0.6 is 11.3 Å². The number of piperidine rings is 1. The maximum atomic E-state index is 12.8. The molecule has 180 valence electrons. The van der Waals surface area contributed by atoms with Gasteiger partial charge in [-0.05, 0) is 45.0 Å². The number of nitrogens with zero attached hydrogens (tertiary/aromatic N) is 3. The van der Waals surface area contributed by atoms with E-state index in [9.17, 15) is 14.9 Å². The van der Waals surface area contributed by atoms with Crippen molar-refractivity contribution < 1.29 is 14.3 Å². The van der Waals surface area contributed by atoms with Gasteiger partial charge in [-0.25, -0.2) is 4.79 Å². The van der Waals surface area contributed by atoms with Crippen LogP contribution in [-0.2, 0) is 16.1 Å². The Balaban J connectivity index is 1.76. The summed E-state index contributed by atoms with van der Waals surface area (Å²) in [5.74, 6) is -0.0296. The highest BCUT2D eigenvalue weighted by Gasteiger charge is 2.16. The van der Waals surface area contributed by atoms with Crippen LogP contribution < -0.4 is 24.8 Å². The molecule has 0 spiro atoms. The minimum Gasteiger partial charge on any atom is -0.492 e. The van der Waals surface area contributed by atoms with E-state index in [0.717, 1.165) is 42.4 Å². The van der Waals surface area contributed by atoms with Crippen molar-refractivity contribution in [3.8, 4) is 11.8 Å². The Kier molecular flexibility index (Phi) is 9.50. The lowest BCUT2D eigenvalue weighted by Crippen LogP contribution is -2.33. The molecular formula is C25H30N4O4S. The minimum absolute atomic E-state index is 0.0112. The van der Waals surface area contributed by atoms with Crippen LogP contribution in [0.2, 0.25) is 0 Å². The maximum absolute atomic E-state index is 12.8. The van der Waals surface area contributed by atoms with Crippen molar-refractivity contribution in [3.05, 3.63) is 56.5 Å². The summed E-state index contributed by atoms with van der Waals surface area (Å²) in [6.07, 6.45) is 6.82. The molecule has 8 nitrogen and oxygen atoms in total. The lowest BCUT2D eigenvalue weighted by atomic mass is 10.1. The Morgan fingerprint density at radius 3 is 2.82 bits per heavy atom. The minimum atomic E-state index is -0.778. The van der Waals surface area contributed by atoms with Gasteiger partial charge in [0.25, 0.3) is 5.56 Å². The van der Waals surface area contributed by atoms with Crippen molar-refractivity contribution in [2.45, 2.75) is 32.7 Å². The fraction of sp³-hybridized carbons (Fsp3) is 0.400. The van der Waals surface area contributed by atoms with Gasteiger partial charge in [0.05, 0.1) is 0 Å². The molecule has 1 saturated heterocycles. The number of hydrogen-bond donors (Lipinski definition) is 1. The first-order chi connectivity index (χ1) is 16.6. The number of esters is 1. The van der Waals surface area contributed by atoms with E-state index >= 15 is 0 Å². The molecule has 9 heteroatoms. The van der Waals surface area contributed by atoms with Gasteiger partial charge in [0.1, 0.15) is 34.2 Å². The van der Waals surface area contributed by atoms with Crippen molar-refractivity contribution in [2.75, 3.05) is 38.2 Å². The van der Waals surface area contributed by atoms with E-state index < -0.39 is 5.97 Å². The van der Waals surface area contributed by atoms with Gasteiger partial charge in [-0.3, -0.25) is 14.3 Å². The number of anilines is 1. The van der Waals surface area contributed by atoms with E-state index in [1.54, 1.807) is 13.1 Å². The van der Waals surface area contributed by atoms with Crippen molar-refractivity contribution in [1.29, 1.82) is 5.26 Å². The Morgan fingerprint density at radius 1 is 1.32 bits per heavy atom. The van der Waals surface area contributed by atoms with E-state index in [2.05, 4.69) is 16.8 Å². The average molecular weight is 483 g/mol. The van der Waals surface area contributed by atoms with Crippen molar-refractivity contribution >= 4 is 34.8 Å². The maximum Gasteiger partial charge on any atom is 0.352 e. The van der Waals surface area contributed by atoms with Crippen LogP contribution in [0, 0.1) is 11.3 Å². The van der Waals surface area contributed by atoms with Crippen LogP contribution in [0.1, 0.15) is 26.2 Å². The molecule has 0 aliphatic carbocycles. The van der Waals surface area contributed by atoms with Crippen molar-refractivity contribution in [1.82, 2.24) is 9.47 Å². The van der Waals surface area contributed by atoms with E-state index in [0.29, 0.717) is 17.7 Å². The topological polar surface area (TPSA) is 96.6 Å². The molecule has 1 aliphatic heterocycles. The number of carbonyl (C=O) groups is 1. The lowest BCUT2D eigenvalue weighted by Gasteiger charge is -2.26. The standard InChI is InChI=1S/C25H30N4O4S/c1-3-14-33-25(31)21(17-26)24-29(4-2)23(30)22(34-24)18-27-19-9-8-10-20(16-19)32-15-13-28-11-6-5-7-12-28/h3,8-10,16,18,27H,1,4-7,11-15H2,2H3. The fourth-order valence-corrected chi connectivity index (χ4v) is 4.76. The summed E-state index contributed by atoms with van der Waals surface area (Å²) in [4.78, 5) is 27.5. The predicted molar refractivity (Wildman–Crippen MR) is 134 cm³/mol. The normalized spacial score (nSPS) is 15.4. The first-order valence-corrected chi connectivity index (χ1v) is 12.2. The molecule has 2 heterocycles. The van der Waals surface area contributed by atoms with Crippen LogP contribution in [0.3, 0.4) is 0 Å². The first kappa shape index (κ1) is 25.3. The van der Waals surface area contributed by atoms with Crippen LogP contribution in [-0.4, -0.2) is 48.3 Å². The number of likely N-dealkylation sites (tertiary alicyclic amines) is 1. The molecule has 1 N–H and O–H groups in total. The Bertz CT molecular complexity index is 1220. The number of aromatic nitrogens is 1. The Morgan fingerprint density at radius 2 is 2.12 bits per heavy atom. The van der Waals surface area contributed by atoms with Gasteiger partial charge in [0.2, 0.25) is 0 Å². The highest BCUT2D eigenvalue weighted by molar-refractivity contribution is 7.07. The third-order valence-corrected chi connectivity index (χ3v) is 6.55. The molecule has 1 aromatic carbocycles. The van der Waals surface area contributed by atoms with E-state index in [1.165, 1.54) is 29.9 Å². The highest BCUT2D eigenvalue weighted by Crippen LogP contribution is 2.17. The molecule has 1 aromatic heterocycles. The predicted octanol–water partition coefficient (Wildman–Crippen LogP) is 2.05. The number of thiazole rings is 1. The van der Waals surface area contributed by atoms with Gasteiger partial charge in [0, 0.05) is 31.0 Å². The second-order valence-electron chi connectivity index (χ2n) is 7.76. The third-order valence-electron chi connectivity index (χ3n) is 5.41. The number of benzene rings is 1. The molecule has 34 heavy (non-hydrogen) atoms. The van der Waals surface area contributed by atoms with Crippen molar-refractivity contribution in [2.24, 2.45) is 0 Å². The summed E-state index contributed by atoms with van der Waals surface area (Å²) in [5, 5.41) is 12.6. The summed E-state index contributed by atoms with van der Waals surface area (Å²) < 4.78 is 12.9. The zero-order chi connectivity index (χ0) is 24.3. The summed E-state index contributed by atoms with van der Waals surface area (Å²) >= 11 is 1.07. The number of carbonyl (C=O) groups excluding carboxylic acids is 1. The largest absolute Gasteiger partial charge is 0.492 e. The monoisotopic (exact) mass is 482 g/mol. The zero-order valence-corrected chi connectivity index (χ0v) is 20.2. The second kappa shape index (κ2) is 12.8. The number of ether oxygens (including phenoxy) is 2. The fourth-order valence-electron chi connectivity index (χ4n) is 3.68. The molecule has 0 radical (unpaired) electrons. The SMILES string of the molecule is C=CCOC(=O)C(C#N)=c1sc(=CNc2cccc(OCCN3CCCCC3)c2)c(=O)n1CC. The summed E-state index contributed by atoms with van der Waals surface area (Å²) in [7, 11) is 0. The number of hydrogen-bond acceptors (Lipinski definition) is 8. The van der Waals surface area contributed by atoms with Crippen LogP contribution in [0.25, 0.3) is 11.8 Å². The molecule has 1 fully saturated rings. The number of rotatable bonds is 10. The van der Waals surface area contributed by atoms with Crippen molar-refractivity contribution in [3.63, 3.8) is 0 Å². The van der Waals surface area contributed by atoms with Gasteiger partial charge in [0.15, 0.2) is 5.57 Å². The van der Waals surface area contributed by atoms with Crippen LogP contribution in [0.4, 0.5) is 5.69 Å². The Hall–Kier alpha value is -3.35. The average Bonchev–Trinajstić information content (AvgIpc) is 3.17. The van der Waals surface area contributed by atoms with Gasteiger partial charge in [-0.15, -0.1) is 11.3 Å². The molecule has 3 rings (SSSR count). The number of nitrogens with one attached hydrogen (secondary N) is 1. The molecular weight excluding hydrogens is 452 g/mol. The van der Waals surface area contributed by atoms with Crippen LogP contribution in [0.15, 0.2) is 41.7 Å². The third kappa shape index (κ3) is 6.59. The molecule has 0 bridgehead atoms. The van der Waals surface area contributed by atoms with E-state index in [1.807, 2.05) is 30.3 Å². The van der Waals surface area contributed by atoms with E-state index in [4.69, 9.17) is 9.47 Å². The van der Waals surface area contributed by atoms with Gasteiger partial charge in [-0.1, -0.05) is 25.1 Å². The lowest BCUT2D eigenvalue weighted by molar-refractivity contribution is -0.135. The second-order valence-corrected chi connectivity index (χ2v) is 8.79. The zero-order valence-electron chi connectivity index (χ0n) is 19.4. The smallest absolute Gasteiger partial charge is 0.352 e. The number of nitriles is 1. The molecule has 0 atom stereocenters. The molecule has 0 saturated carbocycles. The first-order valence-electron chi connectivity index (χ1n) is 11.4. The summed E-state index contributed by atoms with van der Waals surface area (Å²) in [6, 6.07) is 9.40. The molecule has 0 unspecified atom stereocenters. The summed E-state index contributed by atoms with van der Waals surface area (Å²) in [5.41, 5.74) is 0.283. The van der Waals surface area contributed by atoms with Gasteiger partial charge < -0.3 is 14.8 Å². The van der Waals surface area contributed by atoms with E-state index in [-0.39, 0.29) is 22.4 Å². The van der Waals surface area contributed by atoms with Gasteiger partial charge >= 0.3 is 5.97 Å². The molecule has 2 aromatic rings. The summed E-state index contributed by atoms with van der Waals surface area (Å²) in [6.45, 7) is 9.38.